The van der Waals surface area contributed by atoms with Crippen molar-refractivity contribution in [3.8, 4) is 0 Å². The summed E-state index contributed by atoms with van der Waals surface area (Å²) in [5, 5.41) is 6.80. The van der Waals surface area contributed by atoms with Gasteiger partial charge >= 0.3 is 0 Å². The fraction of sp³-hybridized carbons (Fsp3) is 0.300. The summed E-state index contributed by atoms with van der Waals surface area (Å²) < 4.78 is 0. The summed E-state index contributed by atoms with van der Waals surface area (Å²) in [4.78, 5) is 23.9. The molecular formula is C20H20Cl2N2O2. The van der Waals surface area contributed by atoms with Gasteiger partial charge in [0.2, 0.25) is 11.8 Å². The normalized spacial score (nSPS) is 13.3. The molecule has 0 aromatic heterocycles. The molecule has 26 heavy (non-hydrogen) atoms. The predicted molar refractivity (Wildman–Crippen MR) is 104 cm³/mol. The first-order valence-corrected chi connectivity index (χ1v) is 9.38. The Hall–Kier alpha value is -2.04. The van der Waals surface area contributed by atoms with Crippen molar-refractivity contribution in [2.45, 2.75) is 32.2 Å². The molecule has 0 unspecified atom stereocenters. The van der Waals surface area contributed by atoms with E-state index in [0.29, 0.717) is 29.4 Å². The lowest BCUT2D eigenvalue weighted by Crippen LogP contribution is -2.23. The minimum absolute atomic E-state index is 0.0616. The number of nitrogens with one attached hydrogen (secondary N) is 2. The van der Waals surface area contributed by atoms with Gasteiger partial charge in [-0.15, -0.1) is 0 Å². The molecule has 2 aromatic rings. The maximum absolute atomic E-state index is 12.1. The molecule has 1 aliphatic carbocycles. The summed E-state index contributed by atoms with van der Waals surface area (Å²) in [5.74, 6) is 0.176. The van der Waals surface area contributed by atoms with Gasteiger partial charge in [-0.05, 0) is 48.6 Å². The fourth-order valence-corrected chi connectivity index (χ4v) is 3.04. The first-order valence-electron chi connectivity index (χ1n) is 8.62. The molecule has 2 amide bonds. The van der Waals surface area contributed by atoms with Gasteiger partial charge in [0, 0.05) is 24.6 Å². The van der Waals surface area contributed by atoms with Gasteiger partial charge in [0.1, 0.15) is 0 Å². The molecule has 3 rings (SSSR count). The maximum Gasteiger partial charge on any atom is 0.227 e. The van der Waals surface area contributed by atoms with E-state index in [4.69, 9.17) is 23.2 Å². The average Bonchev–Trinajstić information content (AvgIpc) is 3.47. The number of benzene rings is 2. The smallest absolute Gasteiger partial charge is 0.227 e. The van der Waals surface area contributed by atoms with Crippen molar-refractivity contribution in [2.75, 3.05) is 5.32 Å². The van der Waals surface area contributed by atoms with E-state index in [1.165, 1.54) is 0 Å². The van der Waals surface area contributed by atoms with E-state index in [1.807, 2.05) is 36.4 Å². The van der Waals surface area contributed by atoms with Crippen LogP contribution >= 0.6 is 23.2 Å². The summed E-state index contributed by atoms with van der Waals surface area (Å²) in [6, 6.07) is 12.9. The molecule has 0 atom stereocenters. The highest BCUT2D eigenvalue weighted by Gasteiger charge is 2.29. The van der Waals surface area contributed by atoms with Crippen molar-refractivity contribution in [1.82, 2.24) is 5.32 Å². The molecule has 4 nitrogen and oxygen atoms in total. The highest BCUT2D eigenvalue weighted by Crippen LogP contribution is 2.30. The zero-order valence-electron chi connectivity index (χ0n) is 14.2. The molecule has 0 aliphatic heterocycles. The van der Waals surface area contributed by atoms with Crippen LogP contribution in [-0.4, -0.2) is 11.8 Å². The van der Waals surface area contributed by atoms with Crippen LogP contribution in [0.4, 0.5) is 5.69 Å². The lowest BCUT2D eigenvalue weighted by Gasteiger charge is -2.09. The number of rotatable bonds is 7. The minimum Gasteiger partial charge on any atom is -0.352 e. The summed E-state index contributed by atoms with van der Waals surface area (Å²) in [7, 11) is 0. The van der Waals surface area contributed by atoms with E-state index < -0.39 is 0 Å². The Morgan fingerprint density at radius 1 is 1.08 bits per heavy atom. The van der Waals surface area contributed by atoms with Crippen molar-refractivity contribution in [2.24, 2.45) is 5.92 Å². The standard InChI is InChI=1S/C20H20Cl2N2O2/c21-17-6-2-4-14(19(17)22)9-10-18(25)23-12-13-3-1-5-16(11-13)24-20(26)15-7-8-15/h1-6,11,15H,7-10,12H2,(H,23,25)(H,24,26). The molecular weight excluding hydrogens is 371 g/mol. The van der Waals surface area contributed by atoms with Crippen molar-refractivity contribution in [1.29, 1.82) is 0 Å². The van der Waals surface area contributed by atoms with Crippen LogP contribution < -0.4 is 10.6 Å². The Labute approximate surface area is 162 Å². The van der Waals surface area contributed by atoms with Gasteiger partial charge in [-0.25, -0.2) is 0 Å². The molecule has 136 valence electrons. The van der Waals surface area contributed by atoms with Crippen molar-refractivity contribution in [3.05, 3.63) is 63.6 Å². The second kappa shape index (κ2) is 8.56. The van der Waals surface area contributed by atoms with Crippen LogP contribution in [0.3, 0.4) is 0 Å². The van der Waals surface area contributed by atoms with Gasteiger partial charge in [-0.3, -0.25) is 9.59 Å². The second-order valence-corrected chi connectivity index (χ2v) is 7.24. The molecule has 1 saturated carbocycles. The minimum atomic E-state index is -0.0616. The topological polar surface area (TPSA) is 58.2 Å². The molecule has 0 radical (unpaired) electrons. The monoisotopic (exact) mass is 390 g/mol. The van der Waals surface area contributed by atoms with Crippen molar-refractivity contribution < 1.29 is 9.59 Å². The Balaban J connectivity index is 1.48. The third kappa shape index (κ3) is 5.23. The number of carbonyl (C=O) groups is 2. The van der Waals surface area contributed by atoms with Crippen LogP contribution in [-0.2, 0) is 22.6 Å². The van der Waals surface area contributed by atoms with Gasteiger partial charge in [0.25, 0.3) is 0 Å². The number of carbonyl (C=O) groups excluding carboxylic acids is 2. The van der Waals surface area contributed by atoms with Gasteiger partial charge in [-0.2, -0.15) is 0 Å². The van der Waals surface area contributed by atoms with E-state index in [1.54, 1.807) is 6.07 Å². The van der Waals surface area contributed by atoms with E-state index in [2.05, 4.69) is 10.6 Å². The first kappa shape index (κ1) is 18.7. The third-order valence-electron chi connectivity index (χ3n) is 4.29. The lowest BCUT2D eigenvalue weighted by atomic mass is 10.1. The average molecular weight is 391 g/mol. The number of halogens is 2. The van der Waals surface area contributed by atoms with E-state index in [0.717, 1.165) is 29.7 Å². The highest BCUT2D eigenvalue weighted by atomic mass is 35.5. The molecule has 2 aromatic carbocycles. The molecule has 6 heteroatoms. The fourth-order valence-electron chi connectivity index (χ4n) is 2.63. The highest BCUT2D eigenvalue weighted by molar-refractivity contribution is 6.42. The van der Waals surface area contributed by atoms with Crippen molar-refractivity contribution >= 4 is 40.7 Å². The van der Waals surface area contributed by atoms with Gasteiger partial charge < -0.3 is 10.6 Å². The summed E-state index contributed by atoms with van der Waals surface area (Å²) in [6.45, 7) is 0.412. The largest absolute Gasteiger partial charge is 0.352 e. The maximum atomic E-state index is 12.1. The van der Waals surface area contributed by atoms with E-state index in [-0.39, 0.29) is 17.7 Å². The van der Waals surface area contributed by atoms with Crippen LogP contribution in [0.1, 0.15) is 30.4 Å². The summed E-state index contributed by atoms with van der Waals surface area (Å²) in [6.07, 6.45) is 2.80. The molecule has 0 bridgehead atoms. The van der Waals surface area contributed by atoms with Gasteiger partial charge in [-0.1, -0.05) is 47.5 Å². The third-order valence-corrected chi connectivity index (χ3v) is 5.14. The van der Waals surface area contributed by atoms with Crippen LogP contribution in [0.2, 0.25) is 10.0 Å². The Kier molecular flexibility index (Phi) is 6.17. The van der Waals surface area contributed by atoms with Gasteiger partial charge in [0.15, 0.2) is 0 Å². The second-order valence-electron chi connectivity index (χ2n) is 6.45. The summed E-state index contributed by atoms with van der Waals surface area (Å²) >= 11 is 12.1. The van der Waals surface area contributed by atoms with Crippen LogP contribution in [0.15, 0.2) is 42.5 Å². The molecule has 1 fully saturated rings. The quantitative estimate of drug-likeness (QED) is 0.725. The number of hydrogen-bond donors (Lipinski definition) is 2. The predicted octanol–water partition coefficient (Wildman–Crippen LogP) is 4.59. The molecule has 0 saturated heterocycles. The molecule has 0 heterocycles. The summed E-state index contributed by atoms with van der Waals surface area (Å²) in [5.41, 5.74) is 2.56. The Morgan fingerprint density at radius 2 is 1.85 bits per heavy atom. The van der Waals surface area contributed by atoms with Gasteiger partial charge in [0.05, 0.1) is 10.0 Å². The first-order chi connectivity index (χ1) is 12.5. The van der Waals surface area contributed by atoms with Crippen LogP contribution in [0.25, 0.3) is 0 Å². The van der Waals surface area contributed by atoms with Crippen molar-refractivity contribution in [3.63, 3.8) is 0 Å². The number of hydrogen-bond acceptors (Lipinski definition) is 2. The zero-order chi connectivity index (χ0) is 18.5. The number of aryl methyl sites for hydroxylation is 1. The molecule has 2 N–H and O–H groups in total. The number of amides is 2. The van der Waals surface area contributed by atoms with Crippen LogP contribution in [0, 0.1) is 5.92 Å². The Bertz CT molecular complexity index is 819. The Morgan fingerprint density at radius 3 is 2.62 bits per heavy atom. The van der Waals surface area contributed by atoms with E-state index in [9.17, 15) is 9.59 Å². The lowest BCUT2D eigenvalue weighted by molar-refractivity contribution is -0.121. The number of anilines is 1. The van der Waals surface area contributed by atoms with E-state index >= 15 is 0 Å². The molecule has 0 spiro atoms. The zero-order valence-corrected chi connectivity index (χ0v) is 15.7. The SMILES string of the molecule is O=C(CCc1cccc(Cl)c1Cl)NCc1cccc(NC(=O)C2CC2)c1. The van der Waals surface area contributed by atoms with Crippen LogP contribution in [0.5, 0.6) is 0 Å². The molecule has 1 aliphatic rings.